The first-order chi connectivity index (χ1) is 10.1. The number of hydrogen-bond acceptors (Lipinski definition) is 5. The quantitative estimate of drug-likeness (QED) is 0.533. The molecule has 1 aromatic rings. The summed E-state index contributed by atoms with van der Waals surface area (Å²) in [4.78, 5) is 1.79. The average Bonchev–Trinajstić information content (AvgIpc) is 2.48. The number of nitrogens with one attached hydrogen (secondary N) is 1. The second-order valence-electron chi connectivity index (χ2n) is 5.03. The van der Waals surface area contributed by atoms with Gasteiger partial charge >= 0.3 is 0 Å². The normalized spacial score (nSPS) is 10.6. The van der Waals surface area contributed by atoms with Crippen LogP contribution in [0.5, 0.6) is 0 Å². The maximum atomic E-state index is 8.48. The molecule has 0 heterocycles. The van der Waals surface area contributed by atoms with Crippen LogP contribution in [0.1, 0.15) is 19.4 Å². The molecular formula is C16H30N2O3. The lowest BCUT2D eigenvalue weighted by atomic mass is 10.2. The smallest absolute Gasteiger partial charge is 0.0558 e. The Balaban J connectivity index is 0.000000384. The monoisotopic (exact) mass is 298 g/mol. The Kier molecular flexibility index (Phi) is 13.3. The van der Waals surface area contributed by atoms with E-state index in [2.05, 4.69) is 43.4 Å². The summed E-state index contributed by atoms with van der Waals surface area (Å²) < 4.78 is 0. The zero-order valence-electron chi connectivity index (χ0n) is 13.2. The minimum atomic E-state index is 0.0694. The number of rotatable bonds is 9. The van der Waals surface area contributed by atoms with Crippen LogP contribution in [0.2, 0.25) is 0 Å². The second kappa shape index (κ2) is 14.0. The molecule has 0 aliphatic rings. The topological polar surface area (TPSA) is 76.0 Å². The van der Waals surface area contributed by atoms with Crippen LogP contribution in [0.15, 0.2) is 30.3 Å². The van der Waals surface area contributed by atoms with Crippen molar-refractivity contribution in [3.63, 3.8) is 0 Å². The molecule has 0 saturated heterocycles. The Morgan fingerprint density at radius 1 is 0.905 bits per heavy atom. The van der Waals surface area contributed by atoms with Crippen molar-refractivity contribution >= 4 is 0 Å². The van der Waals surface area contributed by atoms with Gasteiger partial charge in [-0.25, -0.2) is 0 Å². The van der Waals surface area contributed by atoms with Gasteiger partial charge in [-0.1, -0.05) is 44.2 Å². The van der Waals surface area contributed by atoms with E-state index in [9.17, 15) is 0 Å². The molecule has 21 heavy (non-hydrogen) atoms. The molecule has 0 atom stereocenters. The largest absolute Gasteiger partial charge is 0.395 e. The Morgan fingerprint density at radius 3 is 1.76 bits per heavy atom. The zero-order chi connectivity index (χ0) is 15.9. The molecule has 5 heteroatoms. The maximum Gasteiger partial charge on any atom is 0.0558 e. The van der Waals surface area contributed by atoms with Crippen molar-refractivity contribution in [2.24, 2.45) is 0 Å². The second-order valence-corrected chi connectivity index (χ2v) is 5.03. The summed E-state index contributed by atoms with van der Waals surface area (Å²) in [5, 5.41) is 28.8. The van der Waals surface area contributed by atoms with Crippen LogP contribution in [0, 0.1) is 0 Å². The highest BCUT2D eigenvalue weighted by molar-refractivity contribution is 5.14. The lowest BCUT2D eigenvalue weighted by Crippen LogP contribution is -2.32. The molecule has 122 valence electrons. The summed E-state index contributed by atoms with van der Waals surface area (Å²) in [7, 11) is 0. The molecule has 0 unspecified atom stereocenters. The first-order valence-electron chi connectivity index (χ1n) is 7.46. The van der Waals surface area contributed by atoms with E-state index in [-0.39, 0.29) is 19.8 Å². The van der Waals surface area contributed by atoms with Crippen molar-refractivity contribution in [1.29, 1.82) is 0 Å². The molecule has 0 aliphatic heterocycles. The predicted octanol–water partition coefficient (Wildman–Crippen LogP) is 0.450. The Bertz CT molecular complexity index is 306. The molecular weight excluding hydrogens is 268 g/mol. The average molecular weight is 298 g/mol. The first-order valence-corrected chi connectivity index (χ1v) is 7.46. The van der Waals surface area contributed by atoms with Gasteiger partial charge in [-0.05, 0) is 5.56 Å². The minimum Gasteiger partial charge on any atom is -0.395 e. The Morgan fingerprint density at radius 2 is 1.38 bits per heavy atom. The fourth-order valence-corrected chi connectivity index (χ4v) is 1.68. The van der Waals surface area contributed by atoms with Crippen LogP contribution in [0.25, 0.3) is 0 Å². The SMILES string of the molecule is CC(C)NCc1ccccc1.OCCN(CCO)CCO. The zero-order valence-corrected chi connectivity index (χ0v) is 13.2. The van der Waals surface area contributed by atoms with Gasteiger partial charge in [0.2, 0.25) is 0 Å². The van der Waals surface area contributed by atoms with E-state index in [1.807, 2.05) is 6.07 Å². The summed E-state index contributed by atoms with van der Waals surface area (Å²) in [6.07, 6.45) is 0. The predicted molar refractivity (Wildman–Crippen MR) is 86.1 cm³/mol. The van der Waals surface area contributed by atoms with Crippen molar-refractivity contribution in [1.82, 2.24) is 10.2 Å². The summed E-state index contributed by atoms with van der Waals surface area (Å²) in [6, 6.07) is 11.0. The van der Waals surface area contributed by atoms with Crippen molar-refractivity contribution < 1.29 is 15.3 Å². The van der Waals surface area contributed by atoms with E-state index >= 15 is 0 Å². The molecule has 0 radical (unpaired) electrons. The van der Waals surface area contributed by atoms with Crippen molar-refractivity contribution in [2.45, 2.75) is 26.4 Å². The number of aliphatic hydroxyl groups is 3. The number of benzene rings is 1. The third-order valence-electron chi connectivity index (χ3n) is 2.81. The number of hydrogen-bond donors (Lipinski definition) is 4. The summed E-state index contributed by atoms with van der Waals surface area (Å²) in [5.41, 5.74) is 1.35. The van der Waals surface area contributed by atoms with Gasteiger partial charge in [0.25, 0.3) is 0 Å². The van der Waals surface area contributed by atoms with Gasteiger partial charge in [0, 0.05) is 32.2 Å². The maximum absolute atomic E-state index is 8.48. The first kappa shape index (κ1) is 20.0. The highest BCUT2D eigenvalue weighted by Crippen LogP contribution is 1.97. The lowest BCUT2D eigenvalue weighted by molar-refractivity contribution is 0.136. The summed E-state index contributed by atoms with van der Waals surface area (Å²) >= 11 is 0. The third-order valence-corrected chi connectivity index (χ3v) is 2.81. The summed E-state index contributed by atoms with van der Waals surface area (Å²) in [6.45, 7) is 7.04. The van der Waals surface area contributed by atoms with Gasteiger partial charge in [-0.15, -0.1) is 0 Å². The molecule has 0 fully saturated rings. The van der Waals surface area contributed by atoms with E-state index in [1.165, 1.54) is 5.56 Å². The van der Waals surface area contributed by atoms with E-state index < -0.39 is 0 Å². The molecule has 0 amide bonds. The molecule has 0 aliphatic carbocycles. The van der Waals surface area contributed by atoms with Gasteiger partial charge in [-0.3, -0.25) is 4.90 Å². The molecule has 0 aromatic heterocycles. The molecule has 1 aromatic carbocycles. The van der Waals surface area contributed by atoms with Crippen LogP contribution in [-0.2, 0) is 6.54 Å². The molecule has 0 spiro atoms. The molecule has 5 nitrogen and oxygen atoms in total. The Hall–Kier alpha value is -0.980. The van der Waals surface area contributed by atoms with Gasteiger partial charge in [0.05, 0.1) is 19.8 Å². The minimum absolute atomic E-state index is 0.0694. The third kappa shape index (κ3) is 12.5. The number of nitrogens with zero attached hydrogens (tertiary/aromatic N) is 1. The van der Waals surface area contributed by atoms with Crippen LogP contribution >= 0.6 is 0 Å². The lowest BCUT2D eigenvalue weighted by Gasteiger charge is -2.17. The van der Waals surface area contributed by atoms with Crippen molar-refractivity contribution in [3.8, 4) is 0 Å². The standard InChI is InChI=1S/C10H15N.C6H15NO3/c1-9(2)11-8-10-6-4-3-5-7-10;8-4-1-7(2-5-9)3-6-10/h3-7,9,11H,8H2,1-2H3;8-10H,1-6H2. The molecule has 0 saturated carbocycles. The van der Waals surface area contributed by atoms with E-state index in [0.29, 0.717) is 25.7 Å². The van der Waals surface area contributed by atoms with Gasteiger partial charge < -0.3 is 20.6 Å². The van der Waals surface area contributed by atoms with E-state index in [0.717, 1.165) is 6.54 Å². The van der Waals surface area contributed by atoms with Crippen LogP contribution < -0.4 is 5.32 Å². The molecule has 0 bridgehead atoms. The molecule has 4 N–H and O–H groups in total. The highest BCUT2D eigenvalue weighted by Gasteiger charge is 2.00. The van der Waals surface area contributed by atoms with Crippen LogP contribution in [0.3, 0.4) is 0 Å². The van der Waals surface area contributed by atoms with Gasteiger partial charge in [0.1, 0.15) is 0 Å². The Labute approximate surface area is 128 Å². The fourth-order valence-electron chi connectivity index (χ4n) is 1.68. The fraction of sp³-hybridized carbons (Fsp3) is 0.625. The van der Waals surface area contributed by atoms with E-state index in [4.69, 9.17) is 15.3 Å². The van der Waals surface area contributed by atoms with Gasteiger partial charge in [-0.2, -0.15) is 0 Å². The number of aliphatic hydroxyl groups excluding tert-OH is 3. The highest BCUT2D eigenvalue weighted by atomic mass is 16.3. The van der Waals surface area contributed by atoms with Crippen LogP contribution in [0.4, 0.5) is 0 Å². The van der Waals surface area contributed by atoms with Crippen molar-refractivity contribution in [3.05, 3.63) is 35.9 Å². The molecule has 1 rings (SSSR count). The van der Waals surface area contributed by atoms with Gasteiger partial charge in [0.15, 0.2) is 0 Å². The summed E-state index contributed by atoms with van der Waals surface area (Å²) in [5.74, 6) is 0. The van der Waals surface area contributed by atoms with Crippen LogP contribution in [-0.4, -0.2) is 65.7 Å². The van der Waals surface area contributed by atoms with E-state index in [1.54, 1.807) is 4.90 Å². The van der Waals surface area contributed by atoms with Crippen molar-refractivity contribution in [2.75, 3.05) is 39.5 Å².